The Morgan fingerprint density at radius 2 is 1.60 bits per heavy atom. The van der Waals surface area contributed by atoms with Crippen molar-refractivity contribution in [3.8, 4) is 5.75 Å². The number of fused-ring (bicyclic) bond motifs is 3. The van der Waals surface area contributed by atoms with E-state index < -0.39 is 28.7 Å². The van der Waals surface area contributed by atoms with Gasteiger partial charge in [-0.3, -0.25) is 0 Å². The zero-order valence-corrected chi connectivity index (χ0v) is 13.6. The van der Waals surface area contributed by atoms with Gasteiger partial charge in [0.2, 0.25) is 5.82 Å². The van der Waals surface area contributed by atoms with Crippen molar-refractivity contribution in [2.24, 2.45) is 0 Å². The molecule has 25 heavy (non-hydrogen) atoms. The third-order valence-electron chi connectivity index (χ3n) is 4.58. The van der Waals surface area contributed by atoms with Crippen LogP contribution in [0.4, 0.5) is 17.6 Å². The predicted molar refractivity (Wildman–Crippen MR) is 85.9 cm³/mol. The molecule has 6 heteroatoms. The first-order valence-corrected chi connectivity index (χ1v) is 8.37. The van der Waals surface area contributed by atoms with Crippen molar-refractivity contribution in [2.75, 3.05) is 6.61 Å². The normalized spacial score (nSPS) is 14.6. The van der Waals surface area contributed by atoms with E-state index in [2.05, 4.69) is 0 Å². The Morgan fingerprint density at radius 1 is 0.960 bits per heavy atom. The van der Waals surface area contributed by atoms with Gasteiger partial charge in [0.1, 0.15) is 11.2 Å². The summed E-state index contributed by atoms with van der Waals surface area (Å²) in [5.74, 6) is -5.06. The van der Waals surface area contributed by atoms with E-state index in [1.807, 2.05) is 6.92 Å². The van der Waals surface area contributed by atoms with E-state index in [1.165, 1.54) is 12.1 Å². The molecule has 3 aromatic rings. The molecule has 1 heterocycles. The fourth-order valence-electron chi connectivity index (χ4n) is 3.07. The molecule has 0 atom stereocenters. The first-order valence-electron chi connectivity index (χ1n) is 8.37. The molecule has 1 aliphatic carbocycles. The van der Waals surface area contributed by atoms with Gasteiger partial charge in [0.15, 0.2) is 23.2 Å². The number of halogens is 4. The van der Waals surface area contributed by atoms with Gasteiger partial charge in [-0.25, -0.2) is 13.2 Å². The molecule has 0 saturated heterocycles. The highest BCUT2D eigenvalue weighted by Crippen LogP contribution is 2.45. The summed E-state index contributed by atoms with van der Waals surface area (Å²) >= 11 is 0. The zero-order valence-electron chi connectivity index (χ0n) is 13.6. The Hall–Kier alpha value is -2.24. The van der Waals surface area contributed by atoms with E-state index >= 15 is 0 Å². The Balaban J connectivity index is 1.93. The molecule has 0 aliphatic heterocycles. The minimum absolute atomic E-state index is 0.0137. The fourth-order valence-corrected chi connectivity index (χ4v) is 3.07. The van der Waals surface area contributed by atoms with Crippen molar-refractivity contribution in [3.63, 3.8) is 0 Å². The van der Waals surface area contributed by atoms with Crippen LogP contribution < -0.4 is 4.74 Å². The largest absolute Gasteiger partial charge is 0.490 e. The SMILES string of the molecule is CCCCOc1cc2oc3cc(C4CC4)c(F)c(F)c3c2c(F)c1F. The summed E-state index contributed by atoms with van der Waals surface area (Å²) < 4.78 is 68.3. The van der Waals surface area contributed by atoms with Crippen LogP contribution in [0.3, 0.4) is 0 Å². The predicted octanol–water partition coefficient (Wildman–Crippen LogP) is 6.20. The van der Waals surface area contributed by atoms with Gasteiger partial charge in [-0.2, -0.15) is 4.39 Å². The lowest BCUT2D eigenvalue weighted by Crippen LogP contribution is -2.00. The molecular formula is C19H16F4O2. The number of ether oxygens (including phenoxy) is 1. The molecule has 2 aromatic carbocycles. The summed E-state index contributed by atoms with van der Waals surface area (Å²) in [7, 11) is 0. The summed E-state index contributed by atoms with van der Waals surface area (Å²) in [5.41, 5.74) is 0.177. The second kappa shape index (κ2) is 5.93. The van der Waals surface area contributed by atoms with Gasteiger partial charge in [-0.15, -0.1) is 0 Å². The lowest BCUT2D eigenvalue weighted by Gasteiger charge is -2.07. The third-order valence-corrected chi connectivity index (χ3v) is 4.58. The van der Waals surface area contributed by atoms with Gasteiger partial charge in [0.05, 0.1) is 17.4 Å². The summed E-state index contributed by atoms with van der Waals surface area (Å²) in [6, 6.07) is 2.58. The first kappa shape index (κ1) is 16.2. The second-order valence-corrected chi connectivity index (χ2v) is 6.42. The van der Waals surface area contributed by atoms with Gasteiger partial charge >= 0.3 is 0 Å². The number of unbranched alkanes of at least 4 members (excludes halogenated alkanes) is 1. The Kier molecular flexibility index (Phi) is 3.85. The van der Waals surface area contributed by atoms with Crippen LogP contribution in [-0.4, -0.2) is 6.61 Å². The maximum atomic E-state index is 14.5. The highest BCUT2D eigenvalue weighted by Gasteiger charge is 2.31. The minimum Gasteiger partial charge on any atom is -0.490 e. The number of benzene rings is 2. The molecule has 0 amide bonds. The number of hydrogen-bond donors (Lipinski definition) is 0. The quantitative estimate of drug-likeness (QED) is 0.403. The van der Waals surface area contributed by atoms with Crippen LogP contribution in [0.2, 0.25) is 0 Å². The Labute approximate surface area is 141 Å². The summed E-state index contributed by atoms with van der Waals surface area (Å²) in [5, 5.41) is -0.762. The fraction of sp³-hybridized carbons (Fsp3) is 0.368. The maximum Gasteiger partial charge on any atom is 0.201 e. The minimum atomic E-state index is -1.29. The third kappa shape index (κ3) is 2.55. The van der Waals surface area contributed by atoms with Crippen molar-refractivity contribution < 1.29 is 26.7 Å². The van der Waals surface area contributed by atoms with Crippen molar-refractivity contribution >= 4 is 21.9 Å². The first-order chi connectivity index (χ1) is 12.0. The molecule has 0 bridgehead atoms. The van der Waals surface area contributed by atoms with Gasteiger partial charge < -0.3 is 9.15 Å². The van der Waals surface area contributed by atoms with Crippen molar-refractivity contribution in [3.05, 3.63) is 41.0 Å². The van der Waals surface area contributed by atoms with Gasteiger partial charge in [-0.05, 0) is 36.8 Å². The van der Waals surface area contributed by atoms with Crippen LogP contribution >= 0.6 is 0 Å². The molecule has 0 radical (unpaired) electrons. The molecule has 4 rings (SSSR count). The van der Waals surface area contributed by atoms with Crippen LogP contribution in [0, 0.1) is 23.3 Å². The molecule has 1 saturated carbocycles. The van der Waals surface area contributed by atoms with Gasteiger partial charge in [0, 0.05) is 6.07 Å². The van der Waals surface area contributed by atoms with Crippen LogP contribution in [0.25, 0.3) is 21.9 Å². The molecule has 132 valence electrons. The molecule has 0 unspecified atom stereocenters. The molecule has 1 aliphatic rings. The highest BCUT2D eigenvalue weighted by atomic mass is 19.2. The molecule has 1 aromatic heterocycles. The van der Waals surface area contributed by atoms with E-state index in [4.69, 9.17) is 9.15 Å². The van der Waals surface area contributed by atoms with E-state index in [0.29, 0.717) is 6.42 Å². The summed E-state index contributed by atoms with van der Waals surface area (Å²) in [4.78, 5) is 0. The van der Waals surface area contributed by atoms with E-state index in [-0.39, 0.29) is 40.4 Å². The molecule has 1 fully saturated rings. The smallest absolute Gasteiger partial charge is 0.201 e. The lowest BCUT2D eigenvalue weighted by atomic mass is 10.0. The average Bonchev–Trinajstić information content (AvgIpc) is 3.36. The molecule has 0 spiro atoms. The zero-order chi connectivity index (χ0) is 17.7. The number of hydrogen-bond acceptors (Lipinski definition) is 2. The van der Waals surface area contributed by atoms with E-state index in [9.17, 15) is 17.6 Å². The molecule has 0 N–H and O–H groups in total. The lowest BCUT2D eigenvalue weighted by molar-refractivity contribution is 0.289. The highest BCUT2D eigenvalue weighted by molar-refractivity contribution is 6.06. The van der Waals surface area contributed by atoms with Crippen molar-refractivity contribution in [1.82, 2.24) is 0 Å². The number of furan rings is 1. The van der Waals surface area contributed by atoms with Gasteiger partial charge in [-0.1, -0.05) is 13.3 Å². The molecular weight excluding hydrogens is 336 g/mol. The number of rotatable bonds is 5. The van der Waals surface area contributed by atoms with Crippen LogP contribution in [0.5, 0.6) is 5.75 Å². The second-order valence-electron chi connectivity index (χ2n) is 6.42. The van der Waals surface area contributed by atoms with Crippen LogP contribution in [0.1, 0.15) is 44.1 Å². The van der Waals surface area contributed by atoms with E-state index in [0.717, 1.165) is 19.3 Å². The summed E-state index contributed by atoms with van der Waals surface area (Å²) in [6.45, 7) is 2.17. The van der Waals surface area contributed by atoms with Crippen LogP contribution in [0.15, 0.2) is 16.5 Å². The summed E-state index contributed by atoms with van der Waals surface area (Å²) in [6.07, 6.45) is 3.08. The van der Waals surface area contributed by atoms with Gasteiger partial charge in [0.25, 0.3) is 0 Å². The monoisotopic (exact) mass is 352 g/mol. The Bertz CT molecular complexity index is 973. The van der Waals surface area contributed by atoms with Crippen LogP contribution in [-0.2, 0) is 0 Å². The Morgan fingerprint density at radius 3 is 2.24 bits per heavy atom. The topological polar surface area (TPSA) is 22.4 Å². The van der Waals surface area contributed by atoms with Crippen molar-refractivity contribution in [1.29, 1.82) is 0 Å². The average molecular weight is 352 g/mol. The van der Waals surface area contributed by atoms with E-state index in [1.54, 1.807) is 0 Å². The standard InChI is InChI=1S/C19H16F4O2/c1-2-3-6-24-13-8-12-15(19(23)17(13)21)14-11(25-12)7-10(9-4-5-9)16(20)18(14)22/h7-9H,2-6H2,1H3. The van der Waals surface area contributed by atoms with Crippen molar-refractivity contribution in [2.45, 2.75) is 38.5 Å². The maximum absolute atomic E-state index is 14.5. The molecule has 2 nitrogen and oxygen atoms in total.